The molecule has 3 heteroatoms. The number of aldehydes is 1. The van der Waals surface area contributed by atoms with Crippen LogP contribution in [0.15, 0.2) is 0 Å². The topological polar surface area (TPSA) is 54.4 Å². The number of carbonyl (C=O) groups is 2. The van der Waals surface area contributed by atoms with Crippen LogP contribution in [-0.4, -0.2) is 22.8 Å². The van der Waals surface area contributed by atoms with E-state index in [4.69, 9.17) is 0 Å². The average Bonchev–Trinajstić information content (AvgIpc) is 2.44. The average molecular weight is 210 g/mol. The van der Waals surface area contributed by atoms with Crippen molar-refractivity contribution in [2.24, 2.45) is 16.7 Å². The van der Waals surface area contributed by atoms with Crippen LogP contribution in [-0.2, 0) is 9.59 Å². The Morgan fingerprint density at radius 3 is 2.53 bits per heavy atom. The van der Waals surface area contributed by atoms with Gasteiger partial charge in [0.1, 0.15) is 12.1 Å². The maximum absolute atomic E-state index is 12.2. The molecule has 2 fully saturated rings. The van der Waals surface area contributed by atoms with Crippen molar-refractivity contribution in [3.05, 3.63) is 0 Å². The van der Waals surface area contributed by atoms with Gasteiger partial charge >= 0.3 is 0 Å². The van der Waals surface area contributed by atoms with Gasteiger partial charge in [-0.1, -0.05) is 13.8 Å². The number of carbonyl (C=O) groups excluding carboxylic acids is 2. The third-order valence-electron chi connectivity index (χ3n) is 4.52. The molecule has 0 radical (unpaired) electrons. The number of fused-ring (bicyclic) bond motifs is 1. The quantitative estimate of drug-likeness (QED) is 0.664. The van der Waals surface area contributed by atoms with E-state index in [1.807, 2.05) is 20.8 Å². The zero-order valence-electron chi connectivity index (χ0n) is 9.54. The summed E-state index contributed by atoms with van der Waals surface area (Å²) in [6, 6.07) is 0. The van der Waals surface area contributed by atoms with Crippen molar-refractivity contribution in [1.29, 1.82) is 0 Å². The van der Waals surface area contributed by atoms with E-state index in [1.165, 1.54) is 0 Å². The minimum absolute atomic E-state index is 0.113. The summed E-state index contributed by atoms with van der Waals surface area (Å²) in [6.45, 7) is 5.53. The molecule has 0 saturated heterocycles. The molecule has 2 rings (SSSR count). The molecule has 15 heavy (non-hydrogen) atoms. The zero-order valence-corrected chi connectivity index (χ0v) is 9.54. The first-order chi connectivity index (χ1) is 6.78. The number of hydrogen-bond acceptors (Lipinski definition) is 3. The van der Waals surface area contributed by atoms with E-state index in [0.29, 0.717) is 19.3 Å². The fourth-order valence-electron chi connectivity index (χ4n) is 3.63. The molecule has 84 valence electrons. The lowest BCUT2D eigenvalue weighted by Crippen LogP contribution is -2.45. The van der Waals surface area contributed by atoms with Crippen LogP contribution in [0, 0.1) is 16.7 Å². The molecule has 0 spiro atoms. The third-order valence-corrected chi connectivity index (χ3v) is 4.52. The van der Waals surface area contributed by atoms with Crippen LogP contribution in [0.4, 0.5) is 0 Å². The van der Waals surface area contributed by atoms with Crippen LogP contribution in [0.2, 0.25) is 0 Å². The molecule has 3 atom stereocenters. The summed E-state index contributed by atoms with van der Waals surface area (Å²) in [6.07, 6.45) is 2.51. The molecular formula is C12H18O3. The van der Waals surface area contributed by atoms with Gasteiger partial charge in [-0.05, 0) is 26.2 Å². The summed E-state index contributed by atoms with van der Waals surface area (Å²) >= 11 is 0. The monoisotopic (exact) mass is 210 g/mol. The lowest BCUT2D eigenvalue weighted by molar-refractivity contribution is -0.138. The van der Waals surface area contributed by atoms with Crippen molar-refractivity contribution in [2.45, 2.75) is 45.6 Å². The molecule has 0 aliphatic heterocycles. The highest BCUT2D eigenvalue weighted by molar-refractivity contribution is 5.94. The molecule has 0 aromatic carbocycles. The Balaban J connectivity index is 2.50. The maximum Gasteiger partial charge on any atom is 0.147 e. The van der Waals surface area contributed by atoms with Gasteiger partial charge in [0.05, 0.1) is 11.0 Å². The van der Waals surface area contributed by atoms with Crippen LogP contribution >= 0.6 is 0 Å². The van der Waals surface area contributed by atoms with Crippen LogP contribution in [0.25, 0.3) is 0 Å². The van der Waals surface area contributed by atoms with Gasteiger partial charge in [-0.15, -0.1) is 0 Å². The fourth-order valence-corrected chi connectivity index (χ4v) is 3.63. The van der Waals surface area contributed by atoms with Gasteiger partial charge < -0.3 is 9.90 Å². The Labute approximate surface area is 89.9 Å². The van der Waals surface area contributed by atoms with Crippen molar-refractivity contribution in [3.63, 3.8) is 0 Å². The first kappa shape index (κ1) is 10.8. The number of aliphatic hydroxyl groups is 1. The van der Waals surface area contributed by atoms with Gasteiger partial charge in [0.25, 0.3) is 0 Å². The molecule has 0 aromatic heterocycles. The summed E-state index contributed by atoms with van der Waals surface area (Å²) < 4.78 is 0. The molecule has 0 heterocycles. The molecule has 2 saturated carbocycles. The summed E-state index contributed by atoms with van der Waals surface area (Å²) in [5.41, 5.74) is -2.30. The maximum atomic E-state index is 12.2. The highest BCUT2D eigenvalue weighted by Crippen LogP contribution is 2.62. The van der Waals surface area contributed by atoms with E-state index in [9.17, 15) is 14.7 Å². The van der Waals surface area contributed by atoms with Crippen LogP contribution < -0.4 is 0 Å². The van der Waals surface area contributed by atoms with Gasteiger partial charge in [0.15, 0.2) is 0 Å². The minimum Gasteiger partial charge on any atom is -0.388 e. The van der Waals surface area contributed by atoms with Crippen molar-refractivity contribution >= 4 is 12.1 Å². The molecule has 2 aliphatic carbocycles. The number of rotatable bonds is 1. The SMILES string of the molecule is CC1(C)C[C@]2(O)C(C=O)CC[C@]2(C)C1=O. The Hall–Kier alpha value is -0.700. The van der Waals surface area contributed by atoms with E-state index in [1.54, 1.807) is 0 Å². The second-order valence-corrected chi connectivity index (χ2v) is 5.93. The molecular weight excluding hydrogens is 192 g/mol. The summed E-state index contributed by atoms with van der Waals surface area (Å²) in [5.74, 6) is -0.255. The number of Topliss-reactive ketones (excluding diaryl/α,β-unsaturated/α-hetero) is 1. The zero-order chi connectivity index (χ0) is 11.5. The Bertz CT molecular complexity index is 334. The van der Waals surface area contributed by atoms with Crippen molar-refractivity contribution < 1.29 is 14.7 Å². The number of hydrogen-bond donors (Lipinski definition) is 1. The van der Waals surface area contributed by atoms with Gasteiger partial charge in [-0.3, -0.25) is 4.79 Å². The van der Waals surface area contributed by atoms with Crippen molar-refractivity contribution in [3.8, 4) is 0 Å². The van der Waals surface area contributed by atoms with Crippen LogP contribution in [0.3, 0.4) is 0 Å². The summed E-state index contributed by atoms with van der Waals surface area (Å²) in [7, 11) is 0. The largest absolute Gasteiger partial charge is 0.388 e. The summed E-state index contributed by atoms with van der Waals surface area (Å²) in [5, 5.41) is 10.6. The summed E-state index contributed by atoms with van der Waals surface area (Å²) in [4.78, 5) is 23.2. The smallest absolute Gasteiger partial charge is 0.147 e. The predicted molar refractivity (Wildman–Crippen MR) is 55.2 cm³/mol. The Morgan fingerprint density at radius 2 is 2.00 bits per heavy atom. The van der Waals surface area contributed by atoms with E-state index in [0.717, 1.165) is 6.29 Å². The van der Waals surface area contributed by atoms with E-state index >= 15 is 0 Å². The van der Waals surface area contributed by atoms with Crippen molar-refractivity contribution in [2.75, 3.05) is 0 Å². The first-order valence-electron chi connectivity index (χ1n) is 5.50. The lowest BCUT2D eigenvalue weighted by Gasteiger charge is -2.33. The van der Waals surface area contributed by atoms with Gasteiger partial charge in [0.2, 0.25) is 0 Å². The molecule has 3 nitrogen and oxygen atoms in total. The molecule has 2 aliphatic rings. The molecule has 0 aromatic rings. The Kier molecular flexibility index (Phi) is 1.94. The molecule has 1 N–H and O–H groups in total. The second kappa shape index (κ2) is 2.70. The fraction of sp³-hybridized carbons (Fsp3) is 0.833. The third kappa shape index (κ3) is 1.05. The van der Waals surface area contributed by atoms with Crippen LogP contribution in [0.1, 0.15) is 40.0 Å². The van der Waals surface area contributed by atoms with E-state index in [2.05, 4.69) is 0 Å². The highest BCUT2D eigenvalue weighted by atomic mass is 16.3. The van der Waals surface area contributed by atoms with Crippen LogP contribution in [0.5, 0.6) is 0 Å². The van der Waals surface area contributed by atoms with Gasteiger partial charge in [-0.2, -0.15) is 0 Å². The molecule has 0 bridgehead atoms. The van der Waals surface area contributed by atoms with Gasteiger partial charge in [-0.25, -0.2) is 0 Å². The normalized spacial score (nSPS) is 48.0. The van der Waals surface area contributed by atoms with Gasteiger partial charge in [0, 0.05) is 11.3 Å². The molecule has 0 amide bonds. The van der Waals surface area contributed by atoms with E-state index in [-0.39, 0.29) is 11.7 Å². The second-order valence-electron chi connectivity index (χ2n) is 5.93. The Morgan fingerprint density at radius 1 is 1.40 bits per heavy atom. The first-order valence-corrected chi connectivity index (χ1v) is 5.50. The predicted octanol–water partition coefficient (Wildman–Crippen LogP) is 1.33. The lowest BCUT2D eigenvalue weighted by atomic mass is 9.75. The molecule has 1 unspecified atom stereocenters. The standard InChI is InChI=1S/C12H18O3/c1-10(2)7-12(15)8(6-13)4-5-11(12,3)9(10)14/h6,8,15H,4-5,7H2,1-3H3/t8?,11-,12+/m1/s1. The number of ketones is 1. The minimum atomic E-state index is -1.10. The highest BCUT2D eigenvalue weighted by Gasteiger charge is 2.69. The van der Waals surface area contributed by atoms with Crippen molar-refractivity contribution in [1.82, 2.24) is 0 Å². The van der Waals surface area contributed by atoms with E-state index < -0.39 is 16.4 Å².